The van der Waals surface area contributed by atoms with Gasteiger partial charge in [0.2, 0.25) is 0 Å². The summed E-state index contributed by atoms with van der Waals surface area (Å²) in [7, 11) is 0. The number of ether oxygens (including phenoxy) is 2. The maximum absolute atomic E-state index is 13.3. The highest BCUT2D eigenvalue weighted by Crippen LogP contribution is 2.28. The predicted molar refractivity (Wildman–Crippen MR) is 148 cm³/mol. The number of amides is 1. The van der Waals surface area contributed by atoms with Gasteiger partial charge in [-0.05, 0) is 79.8 Å². The van der Waals surface area contributed by atoms with Crippen LogP contribution in [0.1, 0.15) is 12.5 Å². The van der Waals surface area contributed by atoms with Gasteiger partial charge in [0.05, 0.1) is 18.8 Å². The summed E-state index contributed by atoms with van der Waals surface area (Å²) in [6, 6.07) is 22.7. The molecule has 1 amide bonds. The number of rotatable bonds is 8. The van der Waals surface area contributed by atoms with E-state index >= 15 is 0 Å². The van der Waals surface area contributed by atoms with Crippen LogP contribution >= 0.6 is 23.8 Å². The Morgan fingerprint density at radius 3 is 2.42 bits per heavy atom. The minimum absolute atomic E-state index is 0.202. The van der Waals surface area contributed by atoms with Crippen LogP contribution in [0, 0.1) is 0 Å². The first-order chi connectivity index (χ1) is 17.5. The van der Waals surface area contributed by atoms with Crippen LogP contribution in [0.25, 0.3) is 17.0 Å². The van der Waals surface area contributed by atoms with Crippen LogP contribution in [0.3, 0.4) is 0 Å². The highest BCUT2D eigenvalue weighted by Gasteiger charge is 2.32. The maximum atomic E-state index is 13.3. The Morgan fingerprint density at radius 2 is 1.67 bits per heavy atom. The molecule has 1 aromatic heterocycles. The van der Waals surface area contributed by atoms with Crippen LogP contribution < -0.4 is 19.7 Å². The summed E-state index contributed by atoms with van der Waals surface area (Å²) in [5.74, 6) is 1.31. The van der Waals surface area contributed by atoms with Crippen LogP contribution in [0.2, 0.25) is 5.02 Å². The molecule has 0 unspecified atom stereocenters. The van der Waals surface area contributed by atoms with Gasteiger partial charge in [-0.25, -0.2) is 0 Å². The minimum Gasteiger partial charge on any atom is -0.494 e. The molecule has 0 spiro atoms. The van der Waals surface area contributed by atoms with E-state index in [0.717, 1.165) is 28.0 Å². The van der Waals surface area contributed by atoms with Gasteiger partial charge in [0.15, 0.2) is 5.11 Å². The third kappa shape index (κ3) is 4.94. The molecule has 0 radical (unpaired) electrons. The summed E-state index contributed by atoms with van der Waals surface area (Å²) < 4.78 is 13.5. The van der Waals surface area contributed by atoms with E-state index in [1.165, 1.54) is 4.90 Å². The van der Waals surface area contributed by atoms with Gasteiger partial charge in [0.25, 0.3) is 5.91 Å². The van der Waals surface area contributed by atoms with Crippen LogP contribution in [0.4, 0.5) is 5.69 Å². The van der Waals surface area contributed by atoms with E-state index in [1.807, 2.05) is 73.8 Å². The van der Waals surface area contributed by atoms with Crippen molar-refractivity contribution in [3.63, 3.8) is 0 Å². The van der Waals surface area contributed by atoms with E-state index in [9.17, 15) is 4.79 Å². The second kappa shape index (κ2) is 10.4. The number of thiocarbonyl (C=S) groups is 1. The highest BCUT2D eigenvalue weighted by atomic mass is 35.5. The van der Waals surface area contributed by atoms with Crippen molar-refractivity contribution in [1.29, 1.82) is 0 Å². The largest absolute Gasteiger partial charge is 0.494 e. The van der Waals surface area contributed by atoms with Crippen LogP contribution in [-0.4, -0.2) is 28.8 Å². The maximum Gasteiger partial charge on any atom is 0.281 e. The van der Waals surface area contributed by atoms with E-state index in [-0.39, 0.29) is 5.91 Å². The average molecular weight is 518 g/mol. The number of nitrogens with zero attached hydrogens (tertiary/aromatic N) is 2. The molecular formula is C28H24ClN3O3S. The quantitative estimate of drug-likeness (QED) is 0.228. The van der Waals surface area contributed by atoms with E-state index in [0.29, 0.717) is 41.3 Å². The number of carbonyl (C=O) groups is 1. The van der Waals surface area contributed by atoms with Gasteiger partial charge < -0.3 is 19.4 Å². The normalized spacial score (nSPS) is 14.5. The minimum atomic E-state index is -0.202. The third-order valence-corrected chi connectivity index (χ3v) is 6.35. The first kappa shape index (κ1) is 23.9. The summed E-state index contributed by atoms with van der Waals surface area (Å²) in [4.78, 5) is 14.8. The fourth-order valence-corrected chi connectivity index (χ4v) is 4.58. The van der Waals surface area contributed by atoms with Crippen molar-refractivity contribution in [3.8, 4) is 11.5 Å². The zero-order valence-electron chi connectivity index (χ0n) is 19.6. The van der Waals surface area contributed by atoms with Gasteiger partial charge >= 0.3 is 0 Å². The van der Waals surface area contributed by atoms with E-state index in [4.69, 9.17) is 33.3 Å². The number of aromatic nitrogens is 1. The SMILES string of the molecule is CCOc1ccc(N2C(=O)/C(=C/c3cn(CCOc4ccc(Cl)cc4)c4ccccc34)NC2=S)cc1. The lowest BCUT2D eigenvalue weighted by molar-refractivity contribution is -0.113. The Hall–Kier alpha value is -3.81. The number of para-hydroxylation sites is 1. The smallest absolute Gasteiger partial charge is 0.281 e. The topological polar surface area (TPSA) is 55.7 Å². The molecule has 5 rings (SSSR count). The summed E-state index contributed by atoms with van der Waals surface area (Å²) in [6.07, 6.45) is 3.88. The van der Waals surface area contributed by atoms with Crippen LogP contribution in [0.15, 0.2) is 84.7 Å². The van der Waals surface area contributed by atoms with Gasteiger partial charge in [0.1, 0.15) is 23.8 Å². The van der Waals surface area contributed by atoms with Crippen molar-refractivity contribution in [3.05, 3.63) is 95.3 Å². The third-order valence-electron chi connectivity index (χ3n) is 5.82. The molecule has 36 heavy (non-hydrogen) atoms. The number of anilines is 1. The summed E-state index contributed by atoms with van der Waals surface area (Å²) in [6.45, 7) is 3.64. The molecule has 182 valence electrons. The van der Waals surface area contributed by atoms with Gasteiger partial charge in [-0.15, -0.1) is 0 Å². The van der Waals surface area contributed by atoms with Crippen molar-refractivity contribution in [2.75, 3.05) is 18.1 Å². The van der Waals surface area contributed by atoms with Crippen molar-refractivity contribution in [2.45, 2.75) is 13.5 Å². The molecule has 6 nitrogen and oxygen atoms in total. The lowest BCUT2D eigenvalue weighted by Gasteiger charge is -2.14. The molecule has 1 aliphatic heterocycles. The number of benzene rings is 3. The molecule has 1 saturated heterocycles. The Morgan fingerprint density at radius 1 is 0.972 bits per heavy atom. The lowest BCUT2D eigenvalue weighted by Crippen LogP contribution is -2.30. The highest BCUT2D eigenvalue weighted by molar-refractivity contribution is 7.80. The summed E-state index contributed by atoms with van der Waals surface area (Å²) >= 11 is 11.4. The van der Waals surface area contributed by atoms with Gasteiger partial charge in [0, 0.05) is 27.7 Å². The molecule has 0 bridgehead atoms. The second-order valence-electron chi connectivity index (χ2n) is 8.15. The first-order valence-electron chi connectivity index (χ1n) is 11.6. The van der Waals surface area contributed by atoms with Gasteiger partial charge in [-0.1, -0.05) is 29.8 Å². The molecule has 0 atom stereocenters. The van der Waals surface area contributed by atoms with Crippen molar-refractivity contribution in [1.82, 2.24) is 9.88 Å². The number of carbonyl (C=O) groups excluding carboxylic acids is 1. The van der Waals surface area contributed by atoms with E-state index in [2.05, 4.69) is 16.0 Å². The molecule has 2 heterocycles. The van der Waals surface area contributed by atoms with Gasteiger partial charge in [-0.3, -0.25) is 9.69 Å². The molecule has 1 aliphatic rings. The number of fused-ring (bicyclic) bond motifs is 1. The Labute approximate surface area is 219 Å². The average Bonchev–Trinajstić information content (AvgIpc) is 3.37. The Balaban J connectivity index is 1.37. The molecular weight excluding hydrogens is 494 g/mol. The number of halogens is 1. The van der Waals surface area contributed by atoms with Crippen molar-refractivity contribution < 1.29 is 14.3 Å². The van der Waals surface area contributed by atoms with Crippen LogP contribution in [-0.2, 0) is 11.3 Å². The molecule has 8 heteroatoms. The standard InChI is InChI=1S/C28H24ClN3O3S/c1-2-34-22-13-9-21(10-14-22)32-27(33)25(30-28(32)36)17-19-18-31(26-6-4-3-5-24(19)26)15-16-35-23-11-7-20(29)8-12-23/h3-14,17-18H,2,15-16H2,1H3,(H,30,36)/b25-17-. The number of nitrogens with one attached hydrogen (secondary N) is 1. The number of hydrogen-bond acceptors (Lipinski definition) is 4. The second-order valence-corrected chi connectivity index (χ2v) is 8.98. The molecule has 4 aromatic rings. The molecule has 1 N–H and O–H groups in total. The lowest BCUT2D eigenvalue weighted by atomic mass is 10.1. The monoisotopic (exact) mass is 517 g/mol. The first-order valence-corrected chi connectivity index (χ1v) is 12.4. The fraction of sp³-hybridized carbons (Fsp3) is 0.143. The Kier molecular flexibility index (Phi) is 6.93. The molecule has 0 aliphatic carbocycles. The van der Waals surface area contributed by atoms with Crippen molar-refractivity contribution in [2.24, 2.45) is 0 Å². The van der Waals surface area contributed by atoms with E-state index in [1.54, 1.807) is 12.1 Å². The molecule has 0 saturated carbocycles. The fourth-order valence-electron chi connectivity index (χ4n) is 4.15. The van der Waals surface area contributed by atoms with Crippen LogP contribution in [0.5, 0.6) is 11.5 Å². The molecule has 1 fully saturated rings. The Bertz CT molecular complexity index is 1450. The summed E-state index contributed by atoms with van der Waals surface area (Å²) in [5, 5.41) is 5.13. The molecule has 3 aromatic carbocycles. The van der Waals surface area contributed by atoms with Crippen molar-refractivity contribution >= 4 is 57.5 Å². The van der Waals surface area contributed by atoms with Gasteiger partial charge in [-0.2, -0.15) is 0 Å². The predicted octanol–water partition coefficient (Wildman–Crippen LogP) is 6.03. The summed E-state index contributed by atoms with van der Waals surface area (Å²) in [5.41, 5.74) is 3.09. The number of hydrogen-bond donors (Lipinski definition) is 1. The zero-order chi connectivity index (χ0) is 25.1. The van der Waals surface area contributed by atoms with E-state index < -0.39 is 0 Å². The zero-order valence-corrected chi connectivity index (χ0v) is 21.2.